The average Bonchev–Trinajstić information content (AvgIpc) is 3.53. The van der Waals surface area contributed by atoms with Gasteiger partial charge in [0.1, 0.15) is 11.4 Å². The smallest absolute Gasteiger partial charge is 0.274 e. The minimum atomic E-state index is -0.467. The van der Waals surface area contributed by atoms with Crippen LogP contribution >= 0.6 is 11.6 Å². The van der Waals surface area contributed by atoms with Crippen molar-refractivity contribution in [3.05, 3.63) is 76.7 Å². The number of amides is 2. The molecule has 1 aromatic carbocycles. The molecule has 0 saturated carbocycles. The topological polar surface area (TPSA) is 169 Å². The zero-order valence-corrected chi connectivity index (χ0v) is 27.7. The monoisotopic (exact) mass is 675 g/mol. The van der Waals surface area contributed by atoms with Crippen LogP contribution in [0.5, 0.6) is 17.4 Å². The normalized spacial score (nSPS) is 14.0. The number of nitrogens with one attached hydrogen (secondary N) is 4. The number of nitrogens with zero attached hydrogens (tertiary/aromatic N) is 3. The SMILES string of the molecule is COc1cc(C(=O)Nc2cccc(-c3nccc(-c4ccc(CNC[C@@H]5CCC(=O)N5)c(OC)n4)c3Cl)c2OC)ncc1CNCCO. The molecule has 13 nitrogen and oxygen atoms in total. The maximum Gasteiger partial charge on any atom is 0.274 e. The van der Waals surface area contributed by atoms with E-state index in [1.165, 1.54) is 14.2 Å². The van der Waals surface area contributed by atoms with E-state index in [1.54, 1.807) is 49.8 Å². The minimum Gasteiger partial charge on any atom is -0.496 e. The Hall–Kier alpha value is -4.82. The third kappa shape index (κ3) is 8.00. The molecule has 4 heterocycles. The third-order valence-corrected chi connectivity index (χ3v) is 8.19. The lowest BCUT2D eigenvalue weighted by atomic mass is 10.0. The molecule has 1 aliphatic rings. The predicted octanol–water partition coefficient (Wildman–Crippen LogP) is 3.59. The molecule has 5 rings (SSSR count). The number of anilines is 1. The predicted molar refractivity (Wildman–Crippen MR) is 181 cm³/mol. The first-order valence-corrected chi connectivity index (χ1v) is 15.8. The summed E-state index contributed by atoms with van der Waals surface area (Å²) in [6.07, 6.45) is 4.56. The van der Waals surface area contributed by atoms with E-state index in [0.29, 0.717) is 83.2 Å². The summed E-state index contributed by atoms with van der Waals surface area (Å²) in [5.41, 5.74) is 4.37. The fourth-order valence-corrected chi connectivity index (χ4v) is 5.72. The number of halogens is 1. The van der Waals surface area contributed by atoms with Gasteiger partial charge in [0.15, 0.2) is 5.75 Å². The third-order valence-electron chi connectivity index (χ3n) is 7.81. The van der Waals surface area contributed by atoms with E-state index in [4.69, 9.17) is 35.9 Å². The summed E-state index contributed by atoms with van der Waals surface area (Å²) in [5.74, 6) is 0.914. The highest BCUT2D eigenvalue weighted by molar-refractivity contribution is 6.35. The number of aromatic nitrogens is 3. The van der Waals surface area contributed by atoms with Gasteiger partial charge >= 0.3 is 0 Å². The molecule has 0 bridgehead atoms. The minimum absolute atomic E-state index is 0.00360. The van der Waals surface area contributed by atoms with Crippen LogP contribution < -0.4 is 35.5 Å². The van der Waals surface area contributed by atoms with Gasteiger partial charge < -0.3 is 40.6 Å². The van der Waals surface area contributed by atoms with Gasteiger partial charge in [0.25, 0.3) is 5.91 Å². The molecule has 0 aliphatic carbocycles. The summed E-state index contributed by atoms with van der Waals surface area (Å²) < 4.78 is 16.8. The number of carbonyl (C=O) groups is 2. The van der Waals surface area contributed by atoms with Gasteiger partial charge in [-0.05, 0) is 30.7 Å². The van der Waals surface area contributed by atoms with Crippen LogP contribution in [0.4, 0.5) is 5.69 Å². The van der Waals surface area contributed by atoms with Gasteiger partial charge in [0.2, 0.25) is 11.8 Å². The van der Waals surface area contributed by atoms with Crippen LogP contribution in [0.25, 0.3) is 22.5 Å². The first-order valence-electron chi connectivity index (χ1n) is 15.4. The Morgan fingerprint density at radius 3 is 2.58 bits per heavy atom. The zero-order valence-electron chi connectivity index (χ0n) is 26.9. The summed E-state index contributed by atoms with van der Waals surface area (Å²) in [6, 6.07) is 12.5. The van der Waals surface area contributed by atoms with Crippen molar-refractivity contribution in [3.8, 4) is 39.9 Å². The lowest BCUT2D eigenvalue weighted by molar-refractivity contribution is -0.119. The van der Waals surface area contributed by atoms with Crippen molar-refractivity contribution in [3.63, 3.8) is 0 Å². The fourth-order valence-electron chi connectivity index (χ4n) is 5.41. The number of pyridine rings is 3. The molecule has 4 aromatic rings. The van der Waals surface area contributed by atoms with Crippen LogP contribution in [0.15, 0.2) is 54.9 Å². The molecule has 48 heavy (non-hydrogen) atoms. The lowest BCUT2D eigenvalue weighted by Gasteiger charge is -2.17. The van der Waals surface area contributed by atoms with Crippen LogP contribution in [0, 0.1) is 0 Å². The summed E-state index contributed by atoms with van der Waals surface area (Å²) >= 11 is 6.98. The van der Waals surface area contributed by atoms with Crippen molar-refractivity contribution in [2.45, 2.75) is 32.0 Å². The Morgan fingerprint density at radius 2 is 1.85 bits per heavy atom. The second-order valence-corrected chi connectivity index (χ2v) is 11.3. The van der Waals surface area contributed by atoms with Gasteiger partial charge in [0, 0.05) is 79.4 Å². The first kappa shape index (κ1) is 34.5. The maximum atomic E-state index is 13.3. The number of hydrogen-bond donors (Lipinski definition) is 5. The highest BCUT2D eigenvalue weighted by Crippen LogP contribution is 2.41. The first-order chi connectivity index (χ1) is 23.4. The number of methoxy groups -OCH3 is 3. The number of benzene rings is 1. The number of ether oxygens (including phenoxy) is 3. The second-order valence-electron chi connectivity index (χ2n) is 10.9. The number of para-hydroxylation sites is 1. The summed E-state index contributed by atoms with van der Waals surface area (Å²) in [6.45, 7) is 2.01. The van der Waals surface area contributed by atoms with Crippen molar-refractivity contribution in [2.24, 2.45) is 0 Å². The highest BCUT2D eigenvalue weighted by atomic mass is 35.5. The van der Waals surface area contributed by atoms with E-state index < -0.39 is 5.91 Å². The van der Waals surface area contributed by atoms with Gasteiger partial charge in [-0.25, -0.2) is 4.98 Å². The molecule has 3 aromatic heterocycles. The Labute approximate surface area is 283 Å². The Kier molecular flexibility index (Phi) is 11.7. The molecule has 0 spiro atoms. The van der Waals surface area contributed by atoms with Crippen molar-refractivity contribution in [1.29, 1.82) is 0 Å². The van der Waals surface area contributed by atoms with E-state index >= 15 is 0 Å². The zero-order chi connectivity index (χ0) is 34.0. The molecule has 1 saturated heterocycles. The largest absolute Gasteiger partial charge is 0.496 e. The second kappa shape index (κ2) is 16.3. The van der Waals surface area contributed by atoms with Gasteiger partial charge in [-0.15, -0.1) is 0 Å². The van der Waals surface area contributed by atoms with Crippen LogP contribution in [-0.2, 0) is 17.9 Å². The van der Waals surface area contributed by atoms with Crippen LogP contribution in [0.1, 0.15) is 34.5 Å². The molecule has 1 atom stereocenters. The molecule has 0 radical (unpaired) electrons. The van der Waals surface area contributed by atoms with Gasteiger partial charge in [-0.2, -0.15) is 0 Å². The summed E-state index contributed by atoms with van der Waals surface area (Å²) in [7, 11) is 4.58. The van der Waals surface area contributed by atoms with Crippen LogP contribution in [0.2, 0.25) is 5.02 Å². The van der Waals surface area contributed by atoms with Gasteiger partial charge in [-0.3, -0.25) is 19.6 Å². The van der Waals surface area contributed by atoms with E-state index in [0.717, 1.165) is 17.5 Å². The van der Waals surface area contributed by atoms with Crippen molar-refractivity contribution >= 4 is 29.1 Å². The highest BCUT2D eigenvalue weighted by Gasteiger charge is 2.22. The quantitative estimate of drug-likeness (QED) is 0.117. The van der Waals surface area contributed by atoms with Crippen molar-refractivity contribution in [2.75, 3.05) is 46.3 Å². The summed E-state index contributed by atoms with van der Waals surface area (Å²) in [5, 5.41) is 21.6. The molecule has 5 N–H and O–H groups in total. The van der Waals surface area contributed by atoms with Crippen LogP contribution in [-0.4, -0.2) is 78.9 Å². The summed E-state index contributed by atoms with van der Waals surface area (Å²) in [4.78, 5) is 38.4. The molecule has 252 valence electrons. The van der Waals surface area contributed by atoms with E-state index in [2.05, 4.69) is 31.2 Å². The van der Waals surface area contributed by atoms with Crippen LogP contribution in [0.3, 0.4) is 0 Å². The average molecular weight is 676 g/mol. The Balaban J connectivity index is 1.36. The number of aliphatic hydroxyl groups excluding tert-OH is 1. The van der Waals surface area contributed by atoms with Gasteiger partial charge in [-0.1, -0.05) is 23.7 Å². The number of aliphatic hydroxyl groups is 1. The molecule has 0 unspecified atom stereocenters. The van der Waals surface area contributed by atoms with Gasteiger partial charge in [0.05, 0.1) is 50.0 Å². The van der Waals surface area contributed by atoms with Crippen molar-refractivity contribution in [1.82, 2.24) is 30.9 Å². The number of hydrogen-bond acceptors (Lipinski definition) is 11. The Morgan fingerprint density at radius 1 is 1.02 bits per heavy atom. The molecule has 2 amide bonds. The lowest BCUT2D eigenvalue weighted by Crippen LogP contribution is -2.35. The molecule has 14 heteroatoms. The van der Waals surface area contributed by atoms with E-state index in [9.17, 15) is 9.59 Å². The van der Waals surface area contributed by atoms with Crippen molar-refractivity contribution < 1.29 is 28.9 Å². The number of rotatable bonds is 15. The Bertz CT molecular complexity index is 1770. The van der Waals surface area contributed by atoms with E-state index in [-0.39, 0.29) is 24.2 Å². The number of carbonyl (C=O) groups excluding carboxylic acids is 2. The fraction of sp³-hybridized carbons (Fsp3) is 0.324. The standard InChI is InChI=1S/C34H38ClN7O6/c1-46-28-15-27(39-18-21(28)17-36-13-14-43)33(45)41-26-6-4-5-24(32(26)47-2)31-30(35)23(11-12-38-31)25-9-7-20(34(42-25)48-3)16-37-19-22-8-10-29(44)40-22/h4-7,9,11-12,15,18,22,36-37,43H,8,10,13-14,16-17,19H2,1-3H3,(H,40,44)(H,41,45)/t22-/m0/s1. The molecular formula is C34H38ClN7O6. The molecular weight excluding hydrogens is 638 g/mol. The maximum absolute atomic E-state index is 13.3. The van der Waals surface area contributed by atoms with E-state index in [1.807, 2.05) is 12.1 Å². The molecule has 1 aliphatic heterocycles. The molecule has 1 fully saturated rings.